The summed E-state index contributed by atoms with van der Waals surface area (Å²) in [5.74, 6) is -0.714. The fraction of sp³-hybridized carbons (Fsp3) is 0.667. The largest absolute Gasteiger partial charge is 0.475 e. The van der Waals surface area contributed by atoms with Gasteiger partial charge >= 0.3 is 26.0 Å². The monoisotopic (exact) mass is 1010 g/mol. The van der Waals surface area contributed by atoms with Crippen LogP contribution in [0.15, 0.2) is 60.7 Å². The van der Waals surface area contributed by atoms with Crippen molar-refractivity contribution in [2.75, 3.05) is 92.3 Å². The molecular weight excluding hydrogens is 934 g/mol. The number of hydrogen-bond acceptors (Lipinski definition) is 16. The summed E-state index contributed by atoms with van der Waals surface area (Å²) in [6.45, 7) is 18.6. The first kappa shape index (κ1) is 61.2. The van der Waals surface area contributed by atoms with Gasteiger partial charge in [-0.15, -0.1) is 0 Å². The van der Waals surface area contributed by atoms with E-state index in [1.807, 2.05) is 73.8 Å². The third-order valence-corrected chi connectivity index (χ3v) is 16.0. The highest BCUT2D eigenvalue weighted by Crippen LogP contribution is 2.50. The first-order valence-corrected chi connectivity index (χ1v) is 28.0. The molecule has 3 N–H and O–H groups in total. The number of rotatable bonds is 37. The fourth-order valence-corrected chi connectivity index (χ4v) is 7.94. The summed E-state index contributed by atoms with van der Waals surface area (Å²) in [6.07, 6.45) is 0.410. The van der Waals surface area contributed by atoms with Gasteiger partial charge in [0.25, 0.3) is 0 Å². The van der Waals surface area contributed by atoms with Crippen LogP contribution < -0.4 is 16.0 Å². The van der Waals surface area contributed by atoms with Gasteiger partial charge in [-0.3, -0.25) is 23.2 Å². The third kappa shape index (κ3) is 31.8. The maximum atomic E-state index is 14.0. The minimum Gasteiger partial charge on any atom is -0.463 e. The van der Waals surface area contributed by atoms with Crippen molar-refractivity contribution in [3.8, 4) is 0 Å². The van der Waals surface area contributed by atoms with Crippen molar-refractivity contribution in [2.45, 2.75) is 117 Å². The van der Waals surface area contributed by atoms with Gasteiger partial charge in [0.05, 0.1) is 72.7 Å². The minimum atomic E-state index is -4.23. The molecule has 0 aliphatic rings. The van der Waals surface area contributed by atoms with Crippen molar-refractivity contribution in [1.29, 1.82) is 0 Å². The molecule has 0 aliphatic carbocycles. The Morgan fingerprint density at radius 3 is 1.71 bits per heavy atom. The normalized spacial score (nSPS) is 13.2. The summed E-state index contributed by atoms with van der Waals surface area (Å²) in [7, 11) is -6.66. The van der Waals surface area contributed by atoms with Gasteiger partial charge in [-0.25, -0.2) is 14.2 Å². The number of phosphoric ester groups is 1. The third-order valence-electron chi connectivity index (χ3n) is 10.1. The lowest BCUT2D eigenvalue weighted by Gasteiger charge is -2.39. The zero-order valence-electron chi connectivity index (χ0n) is 42.2. The predicted molar refractivity (Wildman–Crippen MR) is 262 cm³/mol. The van der Waals surface area contributed by atoms with E-state index in [0.717, 1.165) is 11.1 Å². The molecule has 2 rings (SSSR count). The van der Waals surface area contributed by atoms with Crippen molar-refractivity contribution in [3.05, 3.63) is 71.8 Å². The lowest BCUT2D eigenvalue weighted by molar-refractivity contribution is -0.147. The molecule has 0 saturated heterocycles. The van der Waals surface area contributed by atoms with E-state index in [1.54, 1.807) is 20.8 Å². The Labute approximate surface area is 410 Å². The standard InChI is InChI=1S/C48H80N3O16PSi/c1-47(2,3)66-46(55)50-24-17-11-16-22-44(53)61-38-42(67-69(7,8)48(4,5)6)39-65-68(56,64-37-41-20-14-10-15-21-41)63-29-26-49-43(52)23-27-57-30-32-59-34-35-60-33-31-58-28-25-51-45(54)62-36-40-18-12-9-13-19-40/h9-10,12-15,18-21,42H,11,16-17,22-39H2,1-8H3,(H,49,52)(H,50,55)(H,51,54)/t42-,68?/m1/s1. The second-order valence-corrected chi connectivity index (χ2v) is 24.7. The number of benzene rings is 2. The molecule has 0 heterocycles. The predicted octanol–water partition coefficient (Wildman–Crippen LogP) is 7.86. The number of hydrogen-bond donors (Lipinski definition) is 3. The van der Waals surface area contributed by atoms with Gasteiger partial charge < -0.3 is 53.5 Å². The maximum Gasteiger partial charge on any atom is 0.475 e. The summed E-state index contributed by atoms with van der Waals surface area (Å²) in [5.41, 5.74) is 1.07. The van der Waals surface area contributed by atoms with Crippen LogP contribution in [0.2, 0.25) is 18.1 Å². The van der Waals surface area contributed by atoms with Crippen molar-refractivity contribution >= 4 is 40.2 Å². The quantitative estimate of drug-likeness (QED) is 0.0193. The Morgan fingerprint density at radius 2 is 1.12 bits per heavy atom. The Balaban J connectivity index is 1.68. The lowest BCUT2D eigenvalue weighted by atomic mass is 10.2. The summed E-state index contributed by atoms with van der Waals surface area (Å²) in [5, 5.41) is 7.86. The number of unbranched alkanes of at least 4 members (excludes halogenated alkanes) is 2. The molecule has 0 saturated carbocycles. The van der Waals surface area contributed by atoms with Gasteiger partial charge in [0.1, 0.15) is 24.9 Å². The summed E-state index contributed by atoms with van der Waals surface area (Å²) in [6, 6.07) is 18.5. The number of nitrogens with one attached hydrogen (secondary N) is 3. The number of ether oxygens (including phenoxy) is 7. The molecule has 0 aromatic heterocycles. The van der Waals surface area contributed by atoms with Gasteiger partial charge in [0.2, 0.25) is 5.91 Å². The van der Waals surface area contributed by atoms with E-state index in [1.165, 1.54) is 0 Å². The van der Waals surface area contributed by atoms with Crippen LogP contribution >= 0.6 is 7.82 Å². The van der Waals surface area contributed by atoms with Gasteiger partial charge in [-0.1, -0.05) is 87.9 Å². The second kappa shape index (κ2) is 34.4. The molecule has 0 radical (unpaired) electrons. The van der Waals surface area contributed by atoms with Gasteiger partial charge in [-0.05, 0) is 62.9 Å². The van der Waals surface area contributed by atoms with E-state index in [9.17, 15) is 23.7 Å². The molecule has 2 atom stereocenters. The molecule has 1 unspecified atom stereocenters. The molecule has 3 amide bonds. The molecule has 19 nitrogen and oxygen atoms in total. The number of carbonyl (C=O) groups excluding carboxylic acids is 4. The minimum absolute atomic E-state index is 0.0221. The number of carbonyl (C=O) groups is 4. The number of phosphoric acid groups is 1. The molecule has 0 bridgehead atoms. The van der Waals surface area contributed by atoms with Gasteiger partial charge in [-0.2, -0.15) is 0 Å². The van der Waals surface area contributed by atoms with Crippen LogP contribution in [0.25, 0.3) is 0 Å². The van der Waals surface area contributed by atoms with E-state index in [4.69, 9.17) is 51.2 Å². The van der Waals surface area contributed by atoms with Crippen LogP contribution in [0.5, 0.6) is 0 Å². The van der Waals surface area contributed by atoms with Crippen LogP contribution in [0.3, 0.4) is 0 Å². The molecule has 21 heteroatoms. The highest BCUT2D eigenvalue weighted by Gasteiger charge is 2.40. The Morgan fingerprint density at radius 1 is 0.565 bits per heavy atom. The Kier molecular flexibility index (Phi) is 30.5. The van der Waals surface area contributed by atoms with Crippen molar-refractivity contribution in [1.82, 2.24) is 16.0 Å². The van der Waals surface area contributed by atoms with Crippen LogP contribution in [0, 0.1) is 0 Å². The number of amides is 3. The average Bonchev–Trinajstić information content (AvgIpc) is 3.29. The Bertz CT molecular complexity index is 1770. The highest BCUT2D eigenvalue weighted by molar-refractivity contribution is 7.48. The fourth-order valence-electron chi connectivity index (χ4n) is 5.42. The Hall–Kier alpha value is -3.95. The zero-order chi connectivity index (χ0) is 50.9. The molecular formula is C48H80N3O16PSi. The van der Waals surface area contributed by atoms with Crippen molar-refractivity contribution in [2.24, 2.45) is 0 Å². The van der Waals surface area contributed by atoms with Gasteiger partial charge in [0, 0.05) is 32.5 Å². The van der Waals surface area contributed by atoms with E-state index < -0.39 is 46.0 Å². The molecule has 0 aliphatic heterocycles. The SMILES string of the molecule is CC(C)(C)OC(=O)NCCCCCC(=O)OC[C@H](COP(=O)(OCCNC(=O)CCOCCOCCOCCOCCNC(=O)OCc1ccccc1)OCc1ccccc1)O[Si](C)(C)C(C)(C)C. The molecule has 0 fully saturated rings. The van der Waals surface area contributed by atoms with Crippen LogP contribution in [0.4, 0.5) is 9.59 Å². The lowest BCUT2D eigenvalue weighted by Crippen LogP contribution is -2.46. The highest BCUT2D eigenvalue weighted by atomic mass is 31.2. The first-order chi connectivity index (χ1) is 32.8. The molecule has 0 spiro atoms. The molecule has 2 aromatic carbocycles. The van der Waals surface area contributed by atoms with Crippen molar-refractivity contribution < 1.29 is 74.9 Å². The van der Waals surface area contributed by atoms with Crippen LogP contribution in [-0.4, -0.2) is 136 Å². The molecule has 69 heavy (non-hydrogen) atoms. The van der Waals surface area contributed by atoms with E-state index in [0.29, 0.717) is 72.0 Å². The first-order valence-electron chi connectivity index (χ1n) is 23.7. The number of alkyl carbamates (subject to hydrolysis) is 2. The number of esters is 1. The molecule has 2 aromatic rings. The summed E-state index contributed by atoms with van der Waals surface area (Å²) < 4.78 is 75.8. The zero-order valence-corrected chi connectivity index (χ0v) is 44.1. The van der Waals surface area contributed by atoms with E-state index in [-0.39, 0.29) is 76.6 Å². The summed E-state index contributed by atoms with van der Waals surface area (Å²) in [4.78, 5) is 48.9. The van der Waals surface area contributed by atoms with Crippen LogP contribution in [0.1, 0.15) is 84.8 Å². The second-order valence-electron chi connectivity index (χ2n) is 18.3. The van der Waals surface area contributed by atoms with E-state index in [2.05, 4.69) is 36.7 Å². The van der Waals surface area contributed by atoms with Gasteiger partial charge in [0.15, 0.2) is 8.32 Å². The maximum absolute atomic E-state index is 14.0. The molecule has 392 valence electrons. The topological polar surface area (TPSA) is 223 Å². The van der Waals surface area contributed by atoms with E-state index >= 15 is 0 Å². The van der Waals surface area contributed by atoms with Crippen molar-refractivity contribution in [3.63, 3.8) is 0 Å². The summed E-state index contributed by atoms with van der Waals surface area (Å²) >= 11 is 0. The average molecular weight is 1010 g/mol. The van der Waals surface area contributed by atoms with Crippen LogP contribution in [-0.2, 0) is 78.5 Å². The smallest absolute Gasteiger partial charge is 0.463 e.